The number of thioether (sulfide) groups is 1. The van der Waals surface area contributed by atoms with Crippen molar-refractivity contribution in [1.29, 1.82) is 0 Å². The van der Waals surface area contributed by atoms with Crippen LogP contribution in [0, 0.1) is 5.92 Å². The van der Waals surface area contributed by atoms with Crippen molar-refractivity contribution in [2.45, 2.75) is 13.3 Å². The first-order valence-corrected chi connectivity index (χ1v) is 8.08. The number of amides is 1. The molecule has 0 radical (unpaired) electrons. The zero-order valence-electron chi connectivity index (χ0n) is 10.7. The van der Waals surface area contributed by atoms with E-state index in [-0.39, 0.29) is 22.0 Å². The monoisotopic (exact) mass is 351 g/mol. The molecular weight excluding hydrogens is 341 g/mol. The average Bonchev–Trinajstić information content (AvgIpc) is 2.74. The second-order valence-corrected chi connectivity index (χ2v) is 6.99. The van der Waals surface area contributed by atoms with Gasteiger partial charge < -0.3 is 4.90 Å². The summed E-state index contributed by atoms with van der Waals surface area (Å²) in [5.74, 6) is 0.810. The fraction of sp³-hybridized carbons (Fsp3) is 0.385. The summed E-state index contributed by atoms with van der Waals surface area (Å²) in [6, 6.07) is 3.27. The molecule has 0 aliphatic carbocycles. The molecule has 3 nitrogen and oxygen atoms in total. The second kappa shape index (κ2) is 6.56. The Bertz CT molecular complexity index is 542. The third-order valence-electron chi connectivity index (χ3n) is 3.01. The van der Waals surface area contributed by atoms with Gasteiger partial charge in [0.25, 0.3) is 0 Å². The summed E-state index contributed by atoms with van der Waals surface area (Å²) in [7, 11) is 0. The SMILES string of the molecule is CC(=O)SCC1CC(=O)N(c2cc(Cl)c(Cl)c(Cl)c2)C1. The van der Waals surface area contributed by atoms with Crippen LogP contribution < -0.4 is 4.90 Å². The van der Waals surface area contributed by atoms with Crippen molar-refractivity contribution < 1.29 is 9.59 Å². The predicted octanol–water partition coefficient (Wildman–Crippen LogP) is 4.28. The van der Waals surface area contributed by atoms with Crippen molar-refractivity contribution >= 4 is 63.3 Å². The number of rotatable bonds is 3. The molecule has 0 aromatic heterocycles. The molecule has 1 fully saturated rings. The van der Waals surface area contributed by atoms with Crippen molar-refractivity contribution in [1.82, 2.24) is 0 Å². The Labute approximate surface area is 136 Å². The van der Waals surface area contributed by atoms with Crippen molar-refractivity contribution in [3.8, 4) is 0 Å². The lowest BCUT2D eigenvalue weighted by atomic mass is 10.1. The summed E-state index contributed by atoms with van der Waals surface area (Å²) in [6.07, 6.45) is 0.429. The van der Waals surface area contributed by atoms with E-state index in [9.17, 15) is 9.59 Å². The lowest BCUT2D eigenvalue weighted by Gasteiger charge is -2.18. The van der Waals surface area contributed by atoms with Crippen LogP contribution in [-0.4, -0.2) is 23.3 Å². The zero-order valence-corrected chi connectivity index (χ0v) is 13.7. The summed E-state index contributed by atoms with van der Waals surface area (Å²) in [5.41, 5.74) is 0.643. The van der Waals surface area contributed by atoms with E-state index in [2.05, 4.69) is 0 Å². The van der Waals surface area contributed by atoms with Crippen LogP contribution in [0.4, 0.5) is 5.69 Å². The van der Waals surface area contributed by atoms with E-state index in [1.165, 1.54) is 18.7 Å². The van der Waals surface area contributed by atoms with Crippen LogP contribution in [0.3, 0.4) is 0 Å². The number of nitrogens with zero attached hydrogens (tertiary/aromatic N) is 1. The van der Waals surface area contributed by atoms with Gasteiger partial charge in [-0.15, -0.1) is 0 Å². The van der Waals surface area contributed by atoms with Crippen LogP contribution in [-0.2, 0) is 9.59 Å². The third-order valence-corrected chi connectivity index (χ3v) is 5.25. The van der Waals surface area contributed by atoms with Crippen LogP contribution in [0.25, 0.3) is 0 Å². The zero-order chi connectivity index (χ0) is 14.9. The number of benzene rings is 1. The average molecular weight is 353 g/mol. The van der Waals surface area contributed by atoms with E-state index < -0.39 is 0 Å². The molecule has 1 heterocycles. The molecule has 1 aromatic carbocycles. The molecular formula is C13H12Cl3NO2S. The van der Waals surface area contributed by atoms with Gasteiger partial charge in [-0.3, -0.25) is 9.59 Å². The summed E-state index contributed by atoms with van der Waals surface area (Å²) in [4.78, 5) is 24.7. The van der Waals surface area contributed by atoms with E-state index >= 15 is 0 Å². The second-order valence-electron chi connectivity index (χ2n) is 4.60. The number of anilines is 1. The molecule has 1 aliphatic heterocycles. The molecule has 0 spiro atoms. The molecule has 0 saturated carbocycles. The lowest BCUT2D eigenvalue weighted by Crippen LogP contribution is -2.24. The van der Waals surface area contributed by atoms with Gasteiger partial charge in [0.15, 0.2) is 5.12 Å². The molecule has 7 heteroatoms. The molecule has 108 valence electrons. The maximum absolute atomic E-state index is 12.0. The summed E-state index contributed by atoms with van der Waals surface area (Å²) in [5, 5.41) is 0.993. The molecule has 20 heavy (non-hydrogen) atoms. The van der Waals surface area contributed by atoms with Crippen LogP contribution in [0.5, 0.6) is 0 Å². The molecule has 1 atom stereocenters. The van der Waals surface area contributed by atoms with Gasteiger partial charge in [0.1, 0.15) is 0 Å². The summed E-state index contributed by atoms with van der Waals surface area (Å²) >= 11 is 19.1. The Morgan fingerprint density at radius 2 is 1.95 bits per heavy atom. The van der Waals surface area contributed by atoms with Crippen molar-refractivity contribution in [3.63, 3.8) is 0 Å². The molecule has 1 aliphatic rings. The van der Waals surface area contributed by atoms with E-state index in [4.69, 9.17) is 34.8 Å². The minimum Gasteiger partial charge on any atom is -0.312 e. The van der Waals surface area contributed by atoms with Gasteiger partial charge in [-0.2, -0.15) is 0 Å². The molecule has 1 amide bonds. The Balaban J connectivity index is 2.14. The Hall–Kier alpha value is -0.420. The highest BCUT2D eigenvalue weighted by Gasteiger charge is 2.31. The van der Waals surface area contributed by atoms with Crippen LogP contribution in [0.2, 0.25) is 15.1 Å². The lowest BCUT2D eigenvalue weighted by molar-refractivity contribution is -0.117. The van der Waals surface area contributed by atoms with Crippen LogP contribution in [0.15, 0.2) is 12.1 Å². The van der Waals surface area contributed by atoms with Gasteiger partial charge in [0.2, 0.25) is 5.91 Å². The number of halogens is 3. The molecule has 1 saturated heterocycles. The Morgan fingerprint density at radius 3 is 2.50 bits per heavy atom. The number of hydrogen-bond donors (Lipinski definition) is 0. The van der Waals surface area contributed by atoms with Gasteiger partial charge in [0, 0.05) is 31.3 Å². The van der Waals surface area contributed by atoms with Crippen LogP contribution >= 0.6 is 46.6 Å². The van der Waals surface area contributed by atoms with Gasteiger partial charge in [-0.25, -0.2) is 0 Å². The highest BCUT2D eigenvalue weighted by molar-refractivity contribution is 8.13. The highest BCUT2D eigenvalue weighted by Crippen LogP contribution is 2.36. The minimum atomic E-state index is 0.00797. The van der Waals surface area contributed by atoms with Crippen molar-refractivity contribution in [2.24, 2.45) is 5.92 Å². The maximum Gasteiger partial charge on any atom is 0.227 e. The smallest absolute Gasteiger partial charge is 0.227 e. The van der Waals surface area contributed by atoms with Gasteiger partial charge in [-0.1, -0.05) is 46.6 Å². The first-order chi connectivity index (χ1) is 9.38. The number of hydrogen-bond acceptors (Lipinski definition) is 3. The Kier molecular flexibility index (Phi) is 5.24. The topological polar surface area (TPSA) is 37.4 Å². The standard InChI is InChI=1S/C13H12Cl3NO2S/c1-7(18)20-6-8-2-12(19)17(5-8)9-3-10(14)13(16)11(15)4-9/h3-4,8H,2,5-6H2,1H3. The fourth-order valence-electron chi connectivity index (χ4n) is 2.08. The van der Waals surface area contributed by atoms with Gasteiger partial charge >= 0.3 is 0 Å². The quantitative estimate of drug-likeness (QED) is 0.762. The van der Waals surface area contributed by atoms with Crippen molar-refractivity contribution in [3.05, 3.63) is 27.2 Å². The van der Waals surface area contributed by atoms with Gasteiger partial charge in [-0.05, 0) is 18.1 Å². The summed E-state index contributed by atoms with van der Waals surface area (Å²) < 4.78 is 0. The van der Waals surface area contributed by atoms with Gasteiger partial charge in [0.05, 0.1) is 15.1 Å². The molecule has 1 aromatic rings. The fourth-order valence-corrected chi connectivity index (χ4v) is 3.35. The number of carbonyl (C=O) groups excluding carboxylic acids is 2. The van der Waals surface area contributed by atoms with E-state index in [0.717, 1.165) is 0 Å². The highest BCUT2D eigenvalue weighted by atomic mass is 35.5. The van der Waals surface area contributed by atoms with E-state index in [1.807, 2.05) is 0 Å². The van der Waals surface area contributed by atoms with E-state index in [1.54, 1.807) is 17.0 Å². The summed E-state index contributed by atoms with van der Waals surface area (Å²) in [6.45, 7) is 2.09. The van der Waals surface area contributed by atoms with E-state index in [0.29, 0.717) is 34.5 Å². The first-order valence-electron chi connectivity index (χ1n) is 5.96. The Morgan fingerprint density at radius 1 is 1.35 bits per heavy atom. The van der Waals surface area contributed by atoms with Crippen molar-refractivity contribution in [2.75, 3.05) is 17.2 Å². The maximum atomic E-state index is 12.0. The number of carbonyl (C=O) groups is 2. The van der Waals surface area contributed by atoms with Crippen LogP contribution in [0.1, 0.15) is 13.3 Å². The normalized spacial score (nSPS) is 18.7. The third kappa shape index (κ3) is 3.61. The molecule has 1 unspecified atom stereocenters. The predicted molar refractivity (Wildman–Crippen MR) is 85.1 cm³/mol. The largest absolute Gasteiger partial charge is 0.312 e. The molecule has 2 rings (SSSR count). The molecule has 0 N–H and O–H groups in total. The molecule has 0 bridgehead atoms. The minimum absolute atomic E-state index is 0.00797. The first kappa shape index (κ1) is 16.0.